The van der Waals surface area contributed by atoms with Gasteiger partial charge in [0.2, 0.25) is 5.91 Å². The van der Waals surface area contributed by atoms with E-state index < -0.39 is 24.7 Å². The number of aliphatic hydroxyl groups is 1. The summed E-state index contributed by atoms with van der Waals surface area (Å²) in [5.41, 5.74) is 6.70. The van der Waals surface area contributed by atoms with Gasteiger partial charge >= 0.3 is 5.97 Å². The number of carbonyl (C=O) groups excluding carboxylic acids is 2. The number of nitrogens with zero attached hydrogens (tertiary/aromatic N) is 1. The number of carboxylic acids is 1. The molecule has 2 amide bonds. The van der Waals surface area contributed by atoms with Crippen LogP contribution in [0.3, 0.4) is 0 Å². The Morgan fingerprint density at radius 1 is 1.02 bits per heavy atom. The molecule has 0 heterocycles. The van der Waals surface area contributed by atoms with Crippen molar-refractivity contribution in [1.82, 2.24) is 10.2 Å². The summed E-state index contributed by atoms with van der Waals surface area (Å²) >= 11 is 0. The van der Waals surface area contributed by atoms with Gasteiger partial charge in [0, 0.05) is 50.9 Å². The molecule has 11 nitrogen and oxygen atoms in total. The minimum absolute atomic E-state index is 0.0534. The molecule has 0 aliphatic rings. The van der Waals surface area contributed by atoms with E-state index >= 15 is 0 Å². The number of amides is 2. The number of aliphatic carboxylic acids is 1. The van der Waals surface area contributed by atoms with Gasteiger partial charge in [-0.2, -0.15) is 0 Å². The van der Waals surface area contributed by atoms with Crippen LogP contribution in [0.2, 0.25) is 0 Å². The van der Waals surface area contributed by atoms with E-state index in [9.17, 15) is 19.5 Å². The third-order valence-corrected chi connectivity index (χ3v) is 7.33. The summed E-state index contributed by atoms with van der Waals surface area (Å²) < 4.78 is 16.3. The number of rotatable bonds is 23. The van der Waals surface area contributed by atoms with Crippen LogP contribution in [-0.2, 0) is 14.3 Å². The summed E-state index contributed by atoms with van der Waals surface area (Å²) in [5, 5.41) is 22.8. The fraction of sp³-hybridized carbons (Fsp3) is 0.719. The van der Waals surface area contributed by atoms with Gasteiger partial charge in [-0.25, -0.2) is 4.79 Å². The first-order chi connectivity index (χ1) is 20.4. The van der Waals surface area contributed by atoms with Gasteiger partial charge < -0.3 is 40.4 Å². The van der Waals surface area contributed by atoms with Gasteiger partial charge in [0.15, 0.2) is 6.61 Å². The maximum Gasteiger partial charge on any atom is 0.341 e. The fourth-order valence-corrected chi connectivity index (χ4v) is 4.64. The first-order valence-corrected chi connectivity index (χ1v) is 15.5. The van der Waals surface area contributed by atoms with Gasteiger partial charge in [-0.15, -0.1) is 0 Å². The van der Waals surface area contributed by atoms with Crippen molar-refractivity contribution in [2.75, 3.05) is 40.0 Å². The normalized spacial score (nSPS) is 13.4. The highest BCUT2D eigenvalue weighted by Gasteiger charge is 2.28. The van der Waals surface area contributed by atoms with Crippen LogP contribution in [-0.4, -0.2) is 91.1 Å². The lowest BCUT2D eigenvalue weighted by molar-refractivity contribution is -0.139. The Labute approximate surface area is 257 Å². The Balaban J connectivity index is 2.90. The zero-order valence-electron chi connectivity index (χ0n) is 27.0. The van der Waals surface area contributed by atoms with Crippen molar-refractivity contribution in [2.24, 2.45) is 17.6 Å². The number of aliphatic hydroxyl groups excluding tert-OH is 1. The SMILES string of the molecule is CCCCNC(=O)C(CC(O)C(N)CCCN(C(=O)c1ccc(OCC(=O)O)cc1OCCCCOC)C(C)C)C(C)C. The number of nitrogens with one attached hydrogen (secondary N) is 1. The summed E-state index contributed by atoms with van der Waals surface area (Å²) in [5.74, 6) is -1.05. The second-order valence-corrected chi connectivity index (χ2v) is 11.6. The second kappa shape index (κ2) is 20.9. The number of hydrogen-bond acceptors (Lipinski definition) is 8. The zero-order chi connectivity index (χ0) is 32.4. The number of ether oxygens (including phenoxy) is 3. The summed E-state index contributed by atoms with van der Waals surface area (Å²) in [7, 11) is 1.63. The molecule has 246 valence electrons. The summed E-state index contributed by atoms with van der Waals surface area (Å²) in [6.45, 7) is 11.3. The van der Waals surface area contributed by atoms with Crippen molar-refractivity contribution in [1.29, 1.82) is 0 Å². The van der Waals surface area contributed by atoms with Gasteiger partial charge in [-0.3, -0.25) is 9.59 Å². The van der Waals surface area contributed by atoms with Gasteiger partial charge in [0.1, 0.15) is 11.5 Å². The Bertz CT molecular complexity index is 972. The van der Waals surface area contributed by atoms with Crippen LogP contribution >= 0.6 is 0 Å². The van der Waals surface area contributed by atoms with Crippen molar-refractivity contribution < 1.29 is 38.8 Å². The summed E-state index contributed by atoms with van der Waals surface area (Å²) in [6, 6.07) is 4.03. The van der Waals surface area contributed by atoms with Crippen LogP contribution in [0.25, 0.3) is 0 Å². The van der Waals surface area contributed by atoms with E-state index in [4.69, 9.17) is 25.1 Å². The average molecular weight is 610 g/mol. The highest BCUT2D eigenvalue weighted by molar-refractivity contribution is 5.97. The first-order valence-electron chi connectivity index (χ1n) is 15.5. The molecule has 43 heavy (non-hydrogen) atoms. The Morgan fingerprint density at radius 3 is 2.33 bits per heavy atom. The van der Waals surface area contributed by atoms with Gasteiger partial charge in [0.05, 0.1) is 18.3 Å². The molecule has 0 saturated carbocycles. The fourth-order valence-electron chi connectivity index (χ4n) is 4.64. The smallest absolute Gasteiger partial charge is 0.341 e. The predicted molar refractivity (Wildman–Crippen MR) is 166 cm³/mol. The maximum atomic E-state index is 13.7. The minimum atomic E-state index is -1.11. The molecule has 0 saturated heterocycles. The zero-order valence-corrected chi connectivity index (χ0v) is 27.0. The third-order valence-electron chi connectivity index (χ3n) is 7.33. The molecule has 5 N–H and O–H groups in total. The molecule has 0 aliphatic heterocycles. The second-order valence-electron chi connectivity index (χ2n) is 11.6. The number of hydrogen-bond donors (Lipinski definition) is 4. The molecule has 3 unspecified atom stereocenters. The third kappa shape index (κ3) is 14.4. The lowest BCUT2D eigenvalue weighted by atomic mass is 9.86. The molecule has 0 fully saturated rings. The highest BCUT2D eigenvalue weighted by atomic mass is 16.5. The van der Waals surface area contributed by atoms with Crippen molar-refractivity contribution in [2.45, 2.75) is 97.8 Å². The van der Waals surface area contributed by atoms with Crippen molar-refractivity contribution >= 4 is 17.8 Å². The molecule has 0 aromatic heterocycles. The largest absolute Gasteiger partial charge is 0.493 e. The van der Waals surface area contributed by atoms with E-state index in [0.717, 1.165) is 19.3 Å². The van der Waals surface area contributed by atoms with E-state index in [2.05, 4.69) is 12.2 Å². The number of carbonyl (C=O) groups is 3. The van der Waals surface area contributed by atoms with Gasteiger partial charge in [0.25, 0.3) is 5.91 Å². The van der Waals surface area contributed by atoms with Gasteiger partial charge in [-0.1, -0.05) is 27.2 Å². The van der Waals surface area contributed by atoms with E-state index in [1.54, 1.807) is 30.2 Å². The van der Waals surface area contributed by atoms with Crippen LogP contribution in [0, 0.1) is 11.8 Å². The topological polar surface area (TPSA) is 161 Å². The standard InChI is InChI=1S/C32H55N3O8/c1-7-8-15-34-31(39)26(22(2)3)20-28(36)27(33)12-11-16-35(23(4)5)32(40)25-14-13-24(43-21-30(37)38)19-29(25)42-18-10-9-17-41-6/h13-14,19,22-23,26-28,36H,7-12,15-18,20-21,33H2,1-6H3,(H,34,39)(H,37,38). The van der Waals surface area contributed by atoms with E-state index in [1.165, 1.54) is 0 Å². The lowest BCUT2D eigenvalue weighted by Gasteiger charge is -2.29. The quantitative estimate of drug-likeness (QED) is 0.135. The van der Waals surface area contributed by atoms with Crippen molar-refractivity contribution in [3.8, 4) is 11.5 Å². The molecule has 3 atom stereocenters. The number of benzene rings is 1. The Hall–Kier alpha value is -2.89. The average Bonchev–Trinajstić information content (AvgIpc) is 2.96. The lowest BCUT2D eigenvalue weighted by Crippen LogP contribution is -2.42. The van der Waals surface area contributed by atoms with Crippen LogP contribution in [0.4, 0.5) is 0 Å². The van der Waals surface area contributed by atoms with E-state index in [1.807, 2.05) is 27.7 Å². The number of carboxylic acid groups (broad SMARTS) is 1. The van der Waals surface area contributed by atoms with Crippen LogP contribution in [0.5, 0.6) is 11.5 Å². The van der Waals surface area contributed by atoms with Crippen LogP contribution in [0.1, 0.15) is 89.9 Å². The molecular weight excluding hydrogens is 554 g/mol. The Kier molecular flexibility index (Phi) is 18.6. The number of methoxy groups -OCH3 is 1. The molecule has 1 aromatic rings. The summed E-state index contributed by atoms with van der Waals surface area (Å²) in [4.78, 5) is 39.0. The van der Waals surface area contributed by atoms with E-state index in [-0.39, 0.29) is 36.1 Å². The molecular formula is C32H55N3O8. The highest BCUT2D eigenvalue weighted by Crippen LogP contribution is 2.28. The molecule has 0 spiro atoms. The molecule has 1 rings (SSSR count). The summed E-state index contributed by atoms with van der Waals surface area (Å²) in [6.07, 6.45) is 3.89. The molecule has 0 radical (unpaired) electrons. The maximum absolute atomic E-state index is 13.7. The minimum Gasteiger partial charge on any atom is -0.493 e. The van der Waals surface area contributed by atoms with E-state index in [0.29, 0.717) is 62.6 Å². The van der Waals surface area contributed by atoms with Crippen LogP contribution in [0.15, 0.2) is 18.2 Å². The number of nitrogens with two attached hydrogens (primary N) is 1. The molecule has 11 heteroatoms. The molecule has 0 aliphatic carbocycles. The van der Waals surface area contributed by atoms with Gasteiger partial charge in [-0.05, 0) is 70.4 Å². The molecule has 1 aromatic carbocycles. The van der Waals surface area contributed by atoms with Crippen molar-refractivity contribution in [3.63, 3.8) is 0 Å². The monoisotopic (exact) mass is 609 g/mol. The number of unbranched alkanes of at least 4 members (excludes halogenated alkanes) is 2. The predicted octanol–water partition coefficient (Wildman–Crippen LogP) is 3.85. The van der Waals surface area contributed by atoms with Crippen LogP contribution < -0.4 is 20.5 Å². The Morgan fingerprint density at radius 2 is 1.72 bits per heavy atom. The van der Waals surface area contributed by atoms with Crippen molar-refractivity contribution in [3.05, 3.63) is 23.8 Å². The first kappa shape index (κ1) is 38.1. The molecule has 0 bridgehead atoms.